The Morgan fingerprint density at radius 2 is 1.87 bits per heavy atom. The molecule has 0 saturated heterocycles. The second-order valence-corrected chi connectivity index (χ2v) is 4.08. The summed E-state index contributed by atoms with van der Waals surface area (Å²) in [5, 5.41) is 4.61. The average molecular weight is 219 g/mol. The largest absolute Gasteiger partial charge is 0.300 e. The summed E-state index contributed by atoms with van der Waals surface area (Å²) in [5.74, 6) is 0. The molecule has 1 N–H and O–H groups in total. The summed E-state index contributed by atoms with van der Waals surface area (Å²) < 4.78 is 0. The average Bonchev–Trinajstić information content (AvgIpc) is 2.27. The Morgan fingerprint density at radius 3 is 2.47 bits per heavy atom. The minimum Gasteiger partial charge on any atom is -0.300 e. The predicted octanol–water partition coefficient (Wildman–Crippen LogP) is 0.869. The minimum atomic E-state index is 0.913. The van der Waals surface area contributed by atoms with Gasteiger partial charge in [0.2, 0.25) is 0 Å². The molecule has 0 fully saturated rings. The Kier molecular flexibility index (Phi) is 5.61. The molecule has 81 valence electrons. The number of hydrogen-bond acceptors (Lipinski definition) is 2. The lowest BCUT2D eigenvalue weighted by Gasteiger charge is -2.18. The Labute approximate surface area is 96.1 Å². The Bertz CT molecular complexity index is 285. The molecule has 0 aliphatic rings. The van der Waals surface area contributed by atoms with Gasteiger partial charge in [0.25, 0.3) is 0 Å². The molecule has 0 spiro atoms. The maximum absolute atomic E-state index is 3.60. The van der Waals surface area contributed by atoms with Crippen LogP contribution in [0, 0.1) is 0 Å². The highest BCUT2D eigenvalue weighted by molar-refractivity contribution is 6.33. The van der Waals surface area contributed by atoms with Crippen LogP contribution in [-0.2, 0) is 6.54 Å². The molecule has 2 nitrogen and oxygen atoms in total. The van der Waals surface area contributed by atoms with E-state index in [9.17, 15) is 0 Å². The van der Waals surface area contributed by atoms with Gasteiger partial charge in [0.05, 0.1) is 10.2 Å². The van der Waals surface area contributed by atoms with Crippen LogP contribution in [0.5, 0.6) is 0 Å². The molecule has 1 aromatic rings. The highest BCUT2D eigenvalue weighted by Gasteiger charge is 1.99. The smallest absolute Gasteiger partial charge is 0.0716 e. The molecule has 0 aliphatic heterocycles. The number of nitrogens with one attached hydrogen (secondary N) is 1. The predicted molar refractivity (Wildman–Crippen MR) is 66.5 cm³/mol. The van der Waals surface area contributed by atoms with Crippen molar-refractivity contribution in [2.24, 2.45) is 0 Å². The first-order valence-electron chi connectivity index (χ1n) is 5.50. The maximum atomic E-state index is 3.60. The second kappa shape index (κ2) is 6.77. The third-order valence-corrected chi connectivity index (χ3v) is 3.05. The zero-order valence-corrected chi connectivity index (χ0v) is 10.6. The van der Waals surface area contributed by atoms with Crippen LogP contribution in [0.25, 0.3) is 0 Å². The van der Waals surface area contributed by atoms with E-state index in [1.54, 1.807) is 0 Å². The van der Waals surface area contributed by atoms with Gasteiger partial charge in [-0.25, -0.2) is 0 Å². The molecule has 0 atom stereocenters. The minimum absolute atomic E-state index is 0.913. The molecular weight excluding hydrogens is 200 g/mol. The summed E-state index contributed by atoms with van der Waals surface area (Å²) in [6.45, 7) is 8.42. The second-order valence-electron chi connectivity index (χ2n) is 3.55. The number of hydrogen-bond donors (Lipinski definition) is 1. The first kappa shape index (κ1) is 12.4. The summed E-state index contributed by atoms with van der Waals surface area (Å²) >= 11 is 0. The zero-order chi connectivity index (χ0) is 11.1. The van der Waals surface area contributed by atoms with Crippen LogP contribution in [0.4, 0.5) is 0 Å². The van der Waals surface area contributed by atoms with Gasteiger partial charge in [0, 0.05) is 13.2 Å². The summed E-state index contributed by atoms with van der Waals surface area (Å²) in [6.07, 6.45) is 0. The van der Waals surface area contributed by atoms with Crippen molar-refractivity contribution in [2.75, 3.05) is 19.8 Å². The first-order valence-corrected chi connectivity index (χ1v) is 6.00. The SMILES string of the molecule is CCN(CC)CNCc1ccccc1[Si]. The molecular formula is C12H19N2Si. The van der Waals surface area contributed by atoms with Crippen molar-refractivity contribution in [2.45, 2.75) is 20.4 Å². The lowest BCUT2D eigenvalue weighted by atomic mass is 10.2. The van der Waals surface area contributed by atoms with Gasteiger partial charge in [-0.3, -0.25) is 4.90 Å². The van der Waals surface area contributed by atoms with Gasteiger partial charge in [-0.1, -0.05) is 43.3 Å². The van der Waals surface area contributed by atoms with Crippen LogP contribution in [0.1, 0.15) is 19.4 Å². The molecule has 1 aromatic carbocycles. The normalized spacial score (nSPS) is 10.9. The summed E-state index contributed by atoms with van der Waals surface area (Å²) in [4.78, 5) is 2.36. The maximum Gasteiger partial charge on any atom is 0.0716 e. The monoisotopic (exact) mass is 219 g/mol. The molecule has 0 aromatic heterocycles. The quantitative estimate of drug-likeness (QED) is 0.564. The van der Waals surface area contributed by atoms with E-state index in [1.165, 1.54) is 10.8 Å². The van der Waals surface area contributed by atoms with E-state index >= 15 is 0 Å². The topological polar surface area (TPSA) is 15.3 Å². The Balaban J connectivity index is 2.34. The molecule has 0 aliphatic carbocycles. The van der Waals surface area contributed by atoms with Gasteiger partial charge in [-0.05, 0) is 18.7 Å². The van der Waals surface area contributed by atoms with Crippen molar-refractivity contribution >= 4 is 15.4 Å². The van der Waals surface area contributed by atoms with Crippen molar-refractivity contribution in [3.63, 3.8) is 0 Å². The van der Waals surface area contributed by atoms with Gasteiger partial charge in [-0.2, -0.15) is 0 Å². The van der Waals surface area contributed by atoms with Crippen LogP contribution in [0.2, 0.25) is 0 Å². The van der Waals surface area contributed by atoms with E-state index < -0.39 is 0 Å². The molecule has 1 rings (SSSR count). The van der Waals surface area contributed by atoms with Crippen LogP contribution >= 0.6 is 0 Å². The fraction of sp³-hybridized carbons (Fsp3) is 0.500. The fourth-order valence-electron chi connectivity index (χ4n) is 1.47. The van der Waals surface area contributed by atoms with Crippen molar-refractivity contribution in [1.82, 2.24) is 10.2 Å². The Morgan fingerprint density at radius 1 is 1.20 bits per heavy atom. The van der Waals surface area contributed by atoms with Crippen LogP contribution in [0.15, 0.2) is 24.3 Å². The van der Waals surface area contributed by atoms with E-state index in [0.717, 1.165) is 26.3 Å². The van der Waals surface area contributed by atoms with Crippen LogP contribution in [0.3, 0.4) is 0 Å². The van der Waals surface area contributed by atoms with Gasteiger partial charge in [0.1, 0.15) is 0 Å². The Hall–Kier alpha value is -0.643. The third-order valence-electron chi connectivity index (χ3n) is 2.56. The lowest BCUT2D eigenvalue weighted by molar-refractivity contribution is 0.278. The van der Waals surface area contributed by atoms with Gasteiger partial charge in [0.15, 0.2) is 0 Å². The number of nitrogens with zero attached hydrogens (tertiary/aromatic N) is 1. The molecule has 3 heteroatoms. The van der Waals surface area contributed by atoms with E-state index in [4.69, 9.17) is 0 Å². The first-order chi connectivity index (χ1) is 7.27. The number of benzene rings is 1. The van der Waals surface area contributed by atoms with Crippen molar-refractivity contribution < 1.29 is 0 Å². The highest BCUT2D eigenvalue weighted by Crippen LogP contribution is 1.94. The molecule has 0 unspecified atom stereocenters. The molecule has 0 heterocycles. The van der Waals surface area contributed by atoms with Gasteiger partial charge < -0.3 is 5.32 Å². The molecule has 3 radical (unpaired) electrons. The van der Waals surface area contributed by atoms with E-state index in [2.05, 4.69) is 52.5 Å². The van der Waals surface area contributed by atoms with Gasteiger partial charge >= 0.3 is 0 Å². The van der Waals surface area contributed by atoms with E-state index in [-0.39, 0.29) is 0 Å². The van der Waals surface area contributed by atoms with Crippen LogP contribution < -0.4 is 10.5 Å². The summed E-state index contributed by atoms with van der Waals surface area (Å²) in [5.41, 5.74) is 1.31. The standard InChI is InChI=1S/C12H19N2Si/c1-3-14(4-2)10-13-9-11-7-5-6-8-12(11)15/h5-8,13H,3-4,9-10H2,1-2H3. The molecule has 0 bridgehead atoms. The molecule has 15 heavy (non-hydrogen) atoms. The van der Waals surface area contributed by atoms with Crippen LogP contribution in [-0.4, -0.2) is 34.9 Å². The highest BCUT2D eigenvalue weighted by atomic mass is 28.1. The lowest BCUT2D eigenvalue weighted by Crippen LogP contribution is -2.34. The van der Waals surface area contributed by atoms with Crippen molar-refractivity contribution in [3.8, 4) is 0 Å². The van der Waals surface area contributed by atoms with Crippen molar-refractivity contribution in [1.29, 1.82) is 0 Å². The molecule has 0 amide bonds. The molecule has 0 saturated carbocycles. The summed E-state index contributed by atoms with van der Waals surface area (Å²) in [6, 6.07) is 8.32. The third kappa shape index (κ3) is 4.16. The van der Waals surface area contributed by atoms with E-state index in [0.29, 0.717) is 0 Å². The van der Waals surface area contributed by atoms with E-state index in [1.807, 2.05) is 6.07 Å². The number of rotatable bonds is 6. The summed E-state index contributed by atoms with van der Waals surface area (Å²) in [7, 11) is 3.60. The zero-order valence-electron chi connectivity index (χ0n) is 9.59. The van der Waals surface area contributed by atoms with Gasteiger partial charge in [-0.15, -0.1) is 0 Å². The van der Waals surface area contributed by atoms with Crippen molar-refractivity contribution in [3.05, 3.63) is 29.8 Å². The fourth-order valence-corrected chi connectivity index (χ4v) is 1.74.